The van der Waals surface area contributed by atoms with Crippen LogP contribution < -0.4 is 34.3 Å². The number of anilines is 7. The molecule has 180 valence electrons. The molecule has 0 aromatic heterocycles. The lowest BCUT2D eigenvalue weighted by molar-refractivity contribution is 0.626. The van der Waals surface area contributed by atoms with Crippen molar-refractivity contribution in [3.63, 3.8) is 0 Å². The zero-order valence-electron chi connectivity index (χ0n) is 22.5. The van der Waals surface area contributed by atoms with Gasteiger partial charge in [-0.15, -0.1) is 0 Å². The summed E-state index contributed by atoms with van der Waals surface area (Å²) >= 11 is 0. The molecule has 8 heteroatoms. The Kier molecular flexibility index (Phi) is 7.17. The van der Waals surface area contributed by atoms with E-state index in [0.717, 1.165) is 39.2 Å². The van der Waals surface area contributed by atoms with Crippen molar-refractivity contribution >= 4 is 50.6 Å². The number of hydrogen-bond donors (Lipinski definition) is 0. The first-order valence-corrected chi connectivity index (χ1v) is 10.8. The zero-order chi connectivity index (χ0) is 24.8. The van der Waals surface area contributed by atoms with Gasteiger partial charge in [0.1, 0.15) is 0 Å². The van der Waals surface area contributed by atoms with Crippen LogP contribution >= 0.6 is 0 Å². The van der Waals surface area contributed by atoms with Gasteiger partial charge in [-0.1, -0.05) is 0 Å². The predicted molar refractivity (Wildman–Crippen MR) is 144 cm³/mol. The molecule has 0 saturated heterocycles. The maximum Gasteiger partial charge on any atom is 0.172 e. The van der Waals surface area contributed by atoms with E-state index >= 15 is 4.39 Å². The summed E-state index contributed by atoms with van der Waals surface area (Å²) in [5.74, 6) is -0.216. The van der Waals surface area contributed by atoms with E-state index in [1.807, 2.05) is 85.2 Å². The maximum atomic E-state index is 16.3. The van der Waals surface area contributed by atoms with Crippen molar-refractivity contribution in [2.45, 2.75) is 0 Å². The van der Waals surface area contributed by atoms with Crippen molar-refractivity contribution in [3.8, 4) is 0 Å². The van der Waals surface area contributed by atoms with Gasteiger partial charge >= 0.3 is 0 Å². The van der Waals surface area contributed by atoms with Crippen molar-refractivity contribution in [2.24, 2.45) is 0 Å². The van der Waals surface area contributed by atoms with Crippen LogP contribution in [0.4, 0.5) is 44.2 Å². The Bertz CT molecular complexity index is 992. The molecule has 0 bridgehead atoms. The van der Waals surface area contributed by atoms with Gasteiger partial charge in [0.15, 0.2) is 5.82 Å². The van der Waals surface area contributed by atoms with Crippen LogP contribution in [0.3, 0.4) is 0 Å². The van der Waals surface area contributed by atoms with Crippen LogP contribution in [0.25, 0.3) is 10.8 Å². The van der Waals surface area contributed by atoms with E-state index in [0.29, 0.717) is 11.4 Å². The van der Waals surface area contributed by atoms with Gasteiger partial charge in [0.2, 0.25) is 0 Å². The minimum Gasteiger partial charge on any atom is -0.375 e. The normalized spacial score (nSPS) is 11.0. The summed E-state index contributed by atoms with van der Waals surface area (Å²) in [6.07, 6.45) is 0. The smallest absolute Gasteiger partial charge is 0.172 e. The second-order valence-corrected chi connectivity index (χ2v) is 9.77. The van der Waals surface area contributed by atoms with Crippen molar-refractivity contribution < 1.29 is 4.39 Å². The molecule has 0 amide bonds. The van der Waals surface area contributed by atoms with Crippen LogP contribution in [-0.2, 0) is 0 Å². The standard InChI is InChI=1S/C24H42FN7/c1-26(2)18-15-16(19(27(3)4)22(17(18)25)30(9)10)21(29(7)8)24(32(13)14)23(31(11)12)20(15)28(5)6/h1-14H3. The third kappa shape index (κ3) is 3.91. The molecule has 2 rings (SSSR count). The molecule has 0 fully saturated rings. The average Bonchev–Trinajstić information content (AvgIpc) is 2.63. The Morgan fingerprint density at radius 2 is 0.531 bits per heavy atom. The molecule has 2 aromatic rings. The summed E-state index contributed by atoms with van der Waals surface area (Å²) in [6.45, 7) is 0. The van der Waals surface area contributed by atoms with Gasteiger partial charge < -0.3 is 34.3 Å². The van der Waals surface area contributed by atoms with Crippen molar-refractivity contribution in [1.29, 1.82) is 0 Å². The quantitative estimate of drug-likeness (QED) is 0.640. The first-order chi connectivity index (χ1) is 14.7. The van der Waals surface area contributed by atoms with E-state index in [1.54, 1.807) is 0 Å². The summed E-state index contributed by atoms with van der Waals surface area (Å²) in [5.41, 5.74) is 6.26. The van der Waals surface area contributed by atoms with Crippen molar-refractivity contribution in [2.75, 3.05) is 133 Å². The summed E-state index contributed by atoms with van der Waals surface area (Å²) in [7, 11) is 28.0. The Morgan fingerprint density at radius 3 is 0.781 bits per heavy atom. The van der Waals surface area contributed by atoms with Gasteiger partial charge in [-0.3, -0.25) is 0 Å². The second-order valence-electron chi connectivity index (χ2n) is 9.77. The van der Waals surface area contributed by atoms with E-state index in [2.05, 4.69) is 47.8 Å². The lowest BCUT2D eigenvalue weighted by atomic mass is 9.94. The van der Waals surface area contributed by atoms with E-state index < -0.39 is 0 Å². The largest absolute Gasteiger partial charge is 0.375 e. The van der Waals surface area contributed by atoms with Crippen LogP contribution in [0.1, 0.15) is 0 Å². The van der Waals surface area contributed by atoms with Gasteiger partial charge in [0.05, 0.1) is 39.8 Å². The third-order valence-electron chi connectivity index (χ3n) is 5.64. The van der Waals surface area contributed by atoms with E-state index in [1.165, 1.54) is 0 Å². The highest BCUT2D eigenvalue weighted by Gasteiger charge is 2.33. The lowest BCUT2D eigenvalue weighted by Gasteiger charge is -2.38. The second kappa shape index (κ2) is 9.00. The molecule has 0 aliphatic rings. The maximum absolute atomic E-state index is 16.3. The zero-order valence-corrected chi connectivity index (χ0v) is 22.5. The fourth-order valence-electron chi connectivity index (χ4n) is 4.58. The Balaban J connectivity index is 3.59. The molecule has 32 heavy (non-hydrogen) atoms. The van der Waals surface area contributed by atoms with Gasteiger partial charge in [-0.25, -0.2) is 4.39 Å². The Morgan fingerprint density at radius 1 is 0.312 bits per heavy atom. The molecule has 0 heterocycles. The Labute approximate surface area is 194 Å². The molecular formula is C24H42FN7. The van der Waals surface area contributed by atoms with E-state index in [4.69, 9.17) is 0 Å². The first-order valence-electron chi connectivity index (χ1n) is 10.8. The Hall–Kier alpha value is -2.77. The minimum absolute atomic E-state index is 0.216. The minimum atomic E-state index is -0.216. The molecule has 0 spiro atoms. The van der Waals surface area contributed by atoms with Gasteiger partial charge in [-0.05, 0) is 0 Å². The molecule has 2 aromatic carbocycles. The van der Waals surface area contributed by atoms with Crippen molar-refractivity contribution in [1.82, 2.24) is 0 Å². The average molecular weight is 448 g/mol. The molecule has 0 aliphatic heterocycles. The predicted octanol–water partition coefficient (Wildman–Crippen LogP) is 3.44. The molecule has 0 aliphatic carbocycles. The van der Waals surface area contributed by atoms with Gasteiger partial charge in [-0.2, -0.15) is 0 Å². The number of rotatable bonds is 7. The highest BCUT2D eigenvalue weighted by atomic mass is 19.1. The van der Waals surface area contributed by atoms with Crippen LogP contribution in [0.5, 0.6) is 0 Å². The van der Waals surface area contributed by atoms with Crippen LogP contribution in [-0.4, -0.2) is 98.7 Å². The highest BCUT2D eigenvalue weighted by Crippen LogP contribution is 2.57. The van der Waals surface area contributed by atoms with Crippen molar-refractivity contribution in [3.05, 3.63) is 5.82 Å². The van der Waals surface area contributed by atoms with Crippen LogP contribution in [0.2, 0.25) is 0 Å². The number of fused-ring (bicyclic) bond motifs is 1. The number of nitrogens with zero attached hydrogens (tertiary/aromatic N) is 7. The van der Waals surface area contributed by atoms with Crippen LogP contribution in [0, 0.1) is 5.82 Å². The monoisotopic (exact) mass is 447 g/mol. The number of benzene rings is 2. The summed E-state index contributed by atoms with van der Waals surface area (Å²) < 4.78 is 16.3. The SMILES string of the molecule is CN(C)c1c(N(C)C)c(N(C)C)c2c(N(C)C)c(N(C)C)c(F)c(N(C)C)c2c1N(C)C. The fourth-order valence-corrected chi connectivity index (χ4v) is 4.58. The molecule has 0 saturated carbocycles. The summed E-state index contributed by atoms with van der Waals surface area (Å²) in [5, 5.41) is 1.94. The van der Waals surface area contributed by atoms with Crippen LogP contribution in [0.15, 0.2) is 0 Å². The topological polar surface area (TPSA) is 22.7 Å². The molecule has 0 N–H and O–H groups in total. The first kappa shape index (κ1) is 25.5. The highest BCUT2D eigenvalue weighted by molar-refractivity contribution is 6.25. The summed E-state index contributed by atoms with van der Waals surface area (Å²) in [4.78, 5) is 14.3. The molecule has 7 nitrogen and oxygen atoms in total. The summed E-state index contributed by atoms with van der Waals surface area (Å²) in [6, 6.07) is 0. The molecule has 0 radical (unpaired) electrons. The number of hydrogen-bond acceptors (Lipinski definition) is 7. The molecule has 0 unspecified atom stereocenters. The van der Waals surface area contributed by atoms with E-state index in [9.17, 15) is 0 Å². The van der Waals surface area contributed by atoms with E-state index in [-0.39, 0.29) is 5.82 Å². The molecular weight excluding hydrogens is 405 g/mol. The van der Waals surface area contributed by atoms with Gasteiger partial charge in [0, 0.05) is 109 Å². The number of halogens is 1. The third-order valence-corrected chi connectivity index (χ3v) is 5.64. The fraction of sp³-hybridized carbons (Fsp3) is 0.583. The molecule has 0 atom stereocenters. The lowest BCUT2D eigenvalue weighted by Crippen LogP contribution is -2.27. The van der Waals surface area contributed by atoms with Gasteiger partial charge in [0.25, 0.3) is 0 Å².